The molecule has 2 aromatic carbocycles. The summed E-state index contributed by atoms with van der Waals surface area (Å²) >= 11 is 0.891. The number of methoxy groups -OCH3 is 1. The van der Waals surface area contributed by atoms with Crippen LogP contribution in [0, 0.1) is 13.8 Å². The molecule has 10 nitrogen and oxygen atoms in total. The number of hydrogen-bond acceptors (Lipinski definition) is 10. The Morgan fingerprint density at radius 1 is 1.18 bits per heavy atom. The number of amides is 1. The lowest BCUT2D eigenvalue weighted by Gasteiger charge is -2.24. The minimum absolute atomic E-state index is 0.0694. The number of anilines is 1. The van der Waals surface area contributed by atoms with Gasteiger partial charge in [0, 0.05) is 5.56 Å². The van der Waals surface area contributed by atoms with Crippen molar-refractivity contribution in [2.45, 2.75) is 26.8 Å². The second-order valence-electron chi connectivity index (χ2n) is 8.81. The predicted octanol–water partition coefficient (Wildman–Crippen LogP) is 4.84. The van der Waals surface area contributed by atoms with Gasteiger partial charge in [0.25, 0.3) is 5.78 Å². The second kappa shape index (κ2) is 11.6. The van der Waals surface area contributed by atoms with Gasteiger partial charge in [-0.25, -0.2) is 9.78 Å². The van der Waals surface area contributed by atoms with Gasteiger partial charge in [-0.2, -0.15) is 0 Å². The summed E-state index contributed by atoms with van der Waals surface area (Å²) in [5, 5.41) is 21.9. The van der Waals surface area contributed by atoms with Crippen LogP contribution in [0.25, 0.3) is 5.76 Å². The molecule has 0 saturated carbocycles. The first-order chi connectivity index (χ1) is 19.1. The second-order valence-corrected chi connectivity index (χ2v) is 9.79. The third-order valence-corrected chi connectivity index (χ3v) is 7.36. The highest BCUT2D eigenvalue weighted by molar-refractivity contribution is 7.17. The van der Waals surface area contributed by atoms with Crippen LogP contribution in [0.3, 0.4) is 0 Å². The number of carbonyl (C=O) groups excluding carboxylic acids is 3. The Hall–Kier alpha value is -4.64. The molecule has 1 aliphatic heterocycles. The quantitative estimate of drug-likeness (QED) is 0.123. The fourth-order valence-corrected chi connectivity index (χ4v) is 5.39. The molecule has 40 heavy (non-hydrogen) atoms. The maximum Gasteiger partial charge on any atom is 0.350 e. The third-order valence-electron chi connectivity index (χ3n) is 6.23. The number of phenolic OH excluding ortho intramolecular Hbond substituents is 1. The van der Waals surface area contributed by atoms with Gasteiger partial charge in [0.1, 0.15) is 23.0 Å². The molecule has 0 radical (unpaired) electrons. The number of aryl methyl sites for hydroxylation is 2. The Balaban J connectivity index is 1.94. The van der Waals surface area contributed by atoms with E-state index >= 15 is 0 Å². The van der Waals surface area contributed by atoms with Crippen LogP contribution in [0.15, 0.2) is 54.6 Å². The highest BCUT2D eigenvalue weighted by Crippen LogP contribution is 2.45. The summed E-state index contributed by atoms with van der Waals surface area (Å²) in [6.07, 6.45) is 1.60. The minimum atomic E-state index is -1.15. The Labute approximate surface area is 234 Å². The van der Waals surface area contributed by atoms with Crippen LogP contribution >= 0.6 is 11.3 Å². The van der Waals surface area contributed by atoms with E-state index in [0.717, 1.165) is 16.2 Å². The topological polar surface area (TPSA) is 135 Å². The van der Waals surface area contributed by atoms with E-state index in [1.165, 1.54) is 25.3 Å². The van der Waals surface area contributed by atoms with E-state index in [-0.39, 0.29) is 33.7 Å². The van der Waals surface area contributed by atoms with Gasteiger partial charge in [0.05, 0.1) is 31.0 Å². The van der Waals surface area contributed by atoms with Crippen LogP contribution in [0.4, 0.5) is 5.13 Å². The SMILES string of the molecule is C=CCOc1ccc(C(O)=C2C(=O)C(=O)N(c3nc(C)c(C(=O)OC)s3)[C@H]2c2ccc(O)c(OCC)c2)c(C)c1. The van der Waals surface area contributed by atoms with Crippen LogP contribution in [-0.2, 0) is 14.3 Å². The monoisotopic (exact) mass is 564 g/mol. The van der Waals surface area contributed by atoms with E-state index in [9.17, 15) is 24.6 Å². The van der Waals surface area contributed by atoms with Gasteiger partial charge in [0.2, 0.25) is 0 Å². The van der Waals surface area contributed by atoms with E-state index in [4.69, 9.17) is 14.2 Å². The van der Waals surface area contributed by atoms with Gasteiger partial charge in [0.15, 0.2) is 16.6 Å². The molecule has 0 unspecified atom stereocenters. The Kier molecular flexibility index (Phi) is 8.24. The Morgan fingerprint density at radius 3 is 2.58 bits per heavy atom. The molecular formula is C29H28N2O8S. The number of phenols is 1. The summed E-state index contributed by atoms with van der Waals surface area (Å²) in [6, 6.07) is 8.18. The van der Waals surface area contributed by atoms with Crippen molar-refractivity contribution >= 4 is 39.9 Å². The third kappa shape index (κ3) is 5.15. The summed E-state index contributed by atoms with van der Waals surface area (Å²) in [5.74, 6) is -2.36. The van der Waals surface area contributed by atoms with Gasteiger partial charge in [-0.1, -0.05) is 30.1 Å². The number of esters is 1. The number of thiazole rings is 1. The fraction of sp³-hybridized carbons (Fsp3) is 0.241. The summed E-state index contributed by atoms with van der Waals surface area (Å²) in [5.41, 5.74) is 1.43. The number of carbonyl (C=O) groups is 3. The van der Waals surface area contributed by atoms with Gasteiger partial charge >= 0.3 is 11.9 Å². The van der Waals surface area contributed by atoms with E-state index < -0.39 is 29.5 Å². The molecule has 1 saturated heterocycles. The lowest BCUT2D eigenvalue weighted by molar-refractivity contribution is -0.132. The van der Waals surface area contributed by atoms with Gasteiger partial charge in [-0.3, -0.25) is 14.5 Å². The number of hydrogen-bond donors (Lipinski definition) is 2. The zero-order valence-corrected chi connectivity index (χ0v) is 23.2. The van der Waals surface area contributed by atoms with Crippen molar-refractivity contribution in [3.05, 3.63) is 81.9 Å². The molecule has 1 fully saturated rings. The largest absolute Gasteiger partial charge is 0.507 e. The van der Waals surface area contributed by atoms with Crippen molar-refractivity contribution in [2.75, 3.05) is 25.2 Å². The number of aliphatic hydroxyl groups is 1. The summed E-state index contributed by atoms with van der Waals surface area (Å²) in [7, 11) is 1.23. The molecule has 2 heterocycles. The molecule has 1 aromatic heterocycles. The van der Waals surface area contributed by atoms with E-state index in [1.807, 2.05) is 0 Å². The van der Waals surface area contributed by atoms with Crippen LogP contribution < -0.4 is 14.4 Å². The van der Waals surface area contributed by atoms with Crippen LogP contribution in [0.2, 0.25) is 0 Å². The van der Waals surface area contributed by atoms with Crippen molar-refractivity contribution in [2.24, 2.45) is 0 Å². The molecule has 3 aromatic rings. The number of aliphatic hydroxyl groups excluding tert-OH is 1. The molecule has 1 amide bonds. The molecule has 4 rings (SSSR count). The fourth-order valence-electron chi connectivity index (χ4n) is 4.38. The first kappa shape index (κ1) is 28.4. The maximum atomic E-state index is 13.5. The normalized spacial score (nSPS) is 16.2. The molecular weight excluding hydrogens is 536 g/mol. The van der Waals surface area contributed by atoms with Crippen LogP contribution in [0.1, 0.15) is 45.0 Å². The average molecular weight is 565 g/mol. The van der Waals surface area contributed by atoms with E-state index in [2.05, 4.69) is 11.6 Å². The molecule has 0 bridgehead atoms. The molecule has 2 N–H and O–H groups in total. The van der Waals surface area contributed by atoms with Crippen LogP contribution in [-0.4, -0.2) is 53.2 Å². The van der Waals surface area contributed by atoms with Gasteiger partial charge in [-0.15, -0.1) is 0 Å². The van der Waals surface area contributed by atoms with E-state index in [0.29, 0.717) is 34.7 Å². The number of benzene rings is 2. The summed E-state index contributed by atoms with van der Waals surface area (Å²) < 4.78 is 15.9. The average Bonchev–Trinajstić information content (AvgIpc) is 3.44. The lowest BCUT2D eigenvalue weighted by atomic mass is 9.93. The minimum Gasteiger partial charge on any atom is -0.507 e. The summed E-state index contributed by atoms with van der Waals surface area (Å²) in [4.78, 5) is 45.0. The first-order valence-electron chi connectivity index (χ1n) is 12.3. The molecule has 0 spiro atoms. The molecule has 0 aliphatic carbocycles. The lowest BCUT2D eigenvalue weighted by Crippen LogP contribution is -2.29. The first-order valence-corrected chi connectivity index (χ1v) is 13.1. The Bertz CT molecular complexity index is 1540. The molecule has 1 aliphatic rings. The Morgan fingerprint density at radius 2 is 1.93 bits per heavy atom. The number of ether oxygens (including phenoxy) is 3. The van der Waals surface area contributed by atoms with Gasteiger partial charge in [-0.05, 0) is 62.2 Å². The van der Waals surface area contributed by atoms with Gasteiger partial charge < -0.3 is 24.4 Å². The smallest absolute Gasteiger partial charge is 0.350 e. The van der Waals surface area contributed by atoms with Crippen molar-refractivity contribution < 1.29 is 38.8 Å². The van der Waals surface area contributed by atoms with Crippen molar-refractivity contribution in [3.63, 3.8) is 0 Å². The zero-order valence-electron chi connectivity index (χ0n) is 22.4. The maximum absolute atomic E-state index is 13.5. The number of rotatable bonds is 9. The summed E-state index contributed by atoms with van der Waals surface area (Å²) in [6.45, 7) is 9.24. The molecule has 11 heteroatoms. The van der Waals surface area contributed by atoms with E-state index in [1.54, 1.807) is 45.0 Å². The van der Waals surface area contributed by atoms with Crippen LogP contribution in [0.5, 0.6) is 17.2 Å². The highest BCUT2D eigenvalue weighted by Gasteiger charge is 2.48. The number of aromatic hydroxyl groups is 1. The molecule has 1 atom stereocenters. The predicted molar refractivity (Wildman–Crippen MR) is 149 cm³/mol. The standard InChI is InChI=1S/C29H28N2O8S/c1-6-12-39-18-9-10-19(15(3)13-18)24(33)22-23(17-8-11-20(32)21(14-17)38-7-2)31(27(35)25(22)34)29-30-16(4)26(40-29)28(36)37-5/h6,8-11,13-14,23,32-33H,1,7,12H2,2-5H3/t23-/m0/s1. The number of nitrogens with zero attached hydrogens (tertiary/aromatic N) is 2. The van der Waals surface area contributed by atoms with Crippen molar-refractivity contribution in [3.8, 4) is 17.2 Å². The molecule has 208 valence electrons. The number of Topliss-reactive ketones (excluding diaryl/α,β-unsaturated/α-hetero) is 1. The number of ketones is 1. The zero-order chi connectivity index (χ0) is 29.1. The highest BCUT2D eigenvalue weighted by atomic mass is 32.1. The van der Waals surface area contributed by atoms with Crippen molar-refractivity contribution in [1.82, 2.24) is 4.98 Å². The number of aromatic nitrogens is 1. The van der Waals surface area contributed by atoms with Crippen molar-refractivity contribution in [1.29, 1.82) is 0 Å².